The molecule has 0 spiro atoms. The number of hydrogen-bond acceptors (Lipinski definition) is 1. The summed E-state index contributed by atoms with van der Waals surface area (Å²) in [7, 11) is 0. The van der Waals surface area contributed by atoms with E-state index in [-0.39, 0.29) is 0 Å². The Bertz CT molecular complexity index is 406. The van der Waals surface area contributed by atoms with Crippen LogP contribution < -0.4 is 0 Å². The maximum absolute atomic E-state index is 6.37. The van der Waals surface area contributed by atoms with Gasteiger partial charge in [-0.15, -0.1) is 0 Å². The fourth-order valence-electron chi connectivity index (χ4n) is 5.19. The minimum atomic E-state index is 0.517. The number of allylic oxidation sites excluding steroid dienone is 2. The molecule has 0 amide bonds. The van der Waals surface area contributed by atoms with Gasteiger partial charge in [-0.05, 0) is 49.0 Å². The minimum Gasteiger partial charge on any atom is -0.369 e. The molecule has 4 aliphatic carbocycles. The molecule has 6 unspecified atom stereocenters. The molecule has 1 nitrogen and oxygen atoms in total. The van der Waals surface area contributed by atoms with Gasteiger partial charge in [0.25, 0.3) is 0 Å². The van der Waals surface area contributed by atoms with Gasteiger partial charge in [0.1, 0.15) is 0 Å². The SMILES string of the molecule is C1=C2CC(=C1)C1C2OC2C3CCC(C3)C21. The molecule has 1 heterocycles. The lowest BCUT2D eigenvalue weighted by atomic mass is 9.76. The van der Waals surface area contributed by atoms with Gasteiger partial charge in [-0.3, -0.25) is 0 Å². The Labute approximate surface area is 90.2 Å². The third-order valence-corrected chi connectivity index (χ3v) is 5.66. The topological polar surface area (TPSA) is 9.23 Å². The summed E-state index contributed by atoms with van der Waals surface area (Å²) in [6.45, 7) is 0. The van der Waals surface area contributed by atoms with Gasteiger partial charge in [0.2, 0.25) is 0 Å². The maximum atomic E-state index is 6.37. The summed E-state index contributed by atoms with van der Waals surface area (Å²) in [5, 5.41) is 0. The van der Waals surface area contributed by atoms with Crippen LogP contribution in [-0.4, -0.2) is 12.2 Å². The molecule has 0 aromatic heterocycles. The molecule has 0 N–H and O–H groups in total. The molecule has 0 aromatic carbocycles. The summed E-state index contributed by atoms with van der Waals surface area (Å²) >= 11 is 0. The van der Waals surface area contributed by atoms with Crippen molar-refractivity contribution in [2.45, 2.75) is 37.9 Å². The summed E-state index contributed by atoms with van der Waals surface area (Å²) in [5.74, 6) is 3.65. The van der Waals surface area contributed by atoms with Gasteiger partial charge >= 0.3 is 0 Å². The fraction of sp³-hybridized carbons (Fsp3) is 0.714. The van der Waals surface area contributed by atoms with Crippen LogP contribution in [0.25, 0.3) is 0 Å². The monoisotopic (exact) mass is 200 g/mol. The lowest BCUT2D eigenvalue weighted by molar-refractivity contribution is 0.0210. The molecule has 1 aliphatic heterocycles. The van der Waals surface area contributed by atoms with Crippen LogP contribution in [-0.2, 0) is 4.74 Å². The first kappa shape index (κ1) is 7.67. The predicted octanol–water partition coefficient (Wildman–Crippen LogP) is 2.69. The fourth-order valence-corrected chi connectivity index (χ4v) is 5.19. The zero-order chi connectivity index (χ0) is 9.57. The Morgan fingerprint density at radius 3 is 2.93 bits per heavy atom. The van der Waals surface area contributed by atoms with Crippen LogP contribution in [0.2, 0.25) is 0 Å². The highest BCUT2D eigenvalue weighted by Gasteiger charge is 2.61. The van der Waals surface area contributed by atoms with Crippen LogP contribution in [0.3, 0.4) is 0 Å². The van der Waals surface area contributed by atoms with Gasteiger partial charge in [0.15, 0.2) is 0 Å². The number of hydrogen-bond donors (Lipinski definition) is 0. The van der Waals surface area contributed by atoms with E-state index in [0.717, 1.165) is 23.7 Å². The third-order valence-electron chi connectivity index (χ3n) is 5.66. The van der Waals surface area contributed by atoms with E-state index in [4.69, 9.17) is 4.74 Å². The Balaban J connectivity index is 1.63. The number of rotatable bonds is 0. The lowest BCUT2D eigenvalue weighted by Crippen LogP contribution is -2.27. The molecule has 5 rings (SSSR count). The van der Waals surface area contributed by atoms with Crippen molar-refractivity contribution in [2.75, 3.05) is 0 Å². The van der Waals surface area contributed by atoms with Crippen molar-refractivity contribution in [3.05, 3.63) is 23.3 Å². The van der Waals surface area contributed by atoms with Gasteiger partial charge in [-0.1, -0.05) is 17.7 Å². The highest BCUT2D eigenvalue weighted by Crippen LogP contribution is 2.63. The largest absolute Gasteiger partial charge is 0.369 e. The van der Waals surface area contributed by atoms with Crippen LogP contribution in [0.5, 0.6) is 0 Å². The first-order chi connectivity index (χ1) is 7.42. The second kappa shape index (κ2) is 2.24. The summed E-state index contributed by atoms with van der Waals surface area (Å²) in [5.41, 5.74) is 3.29. The number of ether oxygens (including phenoxy) is 1. The summed E-state index contributed by atoms with van der Waals surface area (Å²) in [6.07, 6.45) is 11.5. The lowest BCUT2D eigenvalue weighted by Gasteiger charge is -2.27. The minimum absolute atomic E-state index is 0.517. The van der Waals surface area contributed by atoms with Crippen molar-refractivity contribution in [3.8, 4) is 0 Å². The summed E-state index contributed by atoms with van der Waals surface area (Å²) in [6, 6.07) is 0. The van der Waals surface area contributed by atoms with E-state index in [1.807, 2.05) is 0 Å². The summed E-state index contributed by atoms with van der Waals surface area (Å²) < 4.78 is 6.37. The van der Waals surface area contributed by atoms with Crippen molar-refractivity contribution in [3.63, 3.8) is 0 Å². The molecule has 4 bridgehead atoms. The highest BCUT2D eigenvalue weighted by molar-refractivity contribution is 5.45. The van der Waals surface area contributed by atoms with Crippen molar-refractivity contribution < 1.29 is 4.74 Å². The zero-order valence-corrected chi connectivity index (χ0v) is 8.86. The van der Waals surface area contributed by atoms with Gasteiger partial charge in [-0.25, -0.2) is 0 Å². The maximum Gasteiger partial charge on any atom is 0.0864 e. The van der Waals surface area contributed by atoms with E-state index in [9.17, 15) is 0 Å². The van der Waals surface area contributed by atoms with E-state index in [2.05, 4.69) is 12.2 Å². The Morgan fingerprint density at radius 1 is 1.07 bits per heavy atom. The van der Waals surface area contributed by atoms with Crippen molar-refractivity contribution in [1.82, 2.24) is 0 Å². The van der Waals surface area contributed by atoms with Crippen LogP contribution >= 0.6 is 0 Å². The molecule has 78 valence electrons. The molecule has 0 aromatic rings. The van der Waals surface area contributed by atoms with Crippen molar-refractivity contribution in [1.29, 1.82) is 0 Å². The normalized spacial score (nSPS) is 58.1. The van der Waals surface area contributed by atoms with E-state index < -0.39 is 0 Å². The molecule has 0 radical (unpaired) electrons. The van der Waals surface area contributed by atoms with E-state index in [1.165, 1.54) is 25.7 Å². The van der Waals surface area contributed by atoms with Gasteiger partial charge in [0.05, 0.1) is 12.2 Å². The first-order valence-electron chi connectivity index (χ1n) is 6.47. The Hall–Kier alpha value is -0.560. The average Bonchev–Trinajstić information content (AvgIpc) is 3.02. The molecule has 4 fully saturated rings. The van der Waals surface area contributed by atoms with Crippen molar-refractivity contribution in [2.24, 2.45) is 23.7 Å². The van der Waals surface area contributed by atoms with Crippen LogP contribution in [0.15, 0.2) is 23.3 Å². The molecular formula is C14H16O. The second-order valence-electron chi connectivity index (χ2n) is 6.12. The van der Waals surface area contributed by atoms with Gasteiger partial charge in [-0.2, -0.15) is 0 Å². The average molecular weight is 200 g/mol. The van der Waals surface area contributed by atoms with Crippen LogP contribution in [0.4, 0.5) is 0 Å². The quantitative estimate of drug-likeness (QED) is 0.584. The predicted molar refractivity (Wildman–Crippen MR) is 57.3 cm³/mol. The van der Waals surface area contributed by atoms with E-state index >= 15 is 0 Å². The Morgan fingerprint density at radius 2 is 1.93 bits per heavy atom. The van der Waals surface area contributed by atoms with Gasteiger partial charge < -0.3 is 4.74 Å². The standard InChI is InChI=1S/C14H16O/c1-3-9-5-7(1)11-12-8-2-4-10(6-8)14(12)15-13(9)11/h1,3,8,10-14H,2,4-6H2. The van der Waals surface area contributed by atoms with Crippen LogP contribution in [0.1, 0.15) is 25.7 Å². The second-order valence-corrected chi connectivity index (χ2v) is 6.12. The summed E-state index contributed by atoms with van der Waals surface area (Å²) in [4.78, 5) is 0. The zero-order valence-electron chi connectivity index (χ0n) is 8.86. The third kappa shape index (κ3) is 0.720. The highest BCUT2D eigenvalue weighted by atomic mass is 16.5. The van der Waals surface area contributed by atoms with E-state index in [1.54, 1.807) is 11.1 Å². The molecular weight excluding hydrogens is 184 g/mol. The first-order valence-corrected chi connectivity index (χ1v) is 6.47. The molecule has 6 atom stereocenters. The Kier molecular flexibility index (Phi) is 1.15. The molecule has 1 saturated heterocycles. The van der Waals surface area contributed by atoms with E-state index in [0.29, 0.717) is 12.2 Å². The smallest absolute Gasteiger partial charge is 0.0864 e. The van der Waals surface area contributed by atoms with Crippen LogP contribution in [0, 0.1) is 23.7 Å². The molecule has 5 aliphatic rings. The van der Waals surface area contributed by atoms with Crippen molar-refractivity contribution >= 4 is 0 Å². The number of fused-ring (bicyclic) bond motifs is 11. The molecule has 3 saturated carbocycles. The molecule has 1 heteroatoms. The van der Waals surface area contributed by atoms with Gasteiger partial charge in [0, 0.05) is 5.92 Å². The molecule has 15 heavy (non-hydrogen) atoms.